The van der Waals surface area contributed by atoms with E-state index in [1.54, 1.807) is 7.11 Å². The van der Waals surface area contributed by atoms with Crippen molar-refractivity contribution in [3.8, 4) is 0 Å². The summed E-state index contributed by atoms with van der Waals surface area (Å²) in [6.07, 6.45) is 2.11. The lowest BCUT2D eigenvalue weighted by molar-refractivity contribution is -0.123. The summed E-state index contributed by atoms with van der Waals surface area (Å²) in [6.45, 7) is 17.0. The molecule has 1 aliphatic carbocycles. The highest BCUT2D eigenvalue weighted by atomic mass is 28.4. The Bertz CT molecular complexity index is 400. The van der Waals surface area contributed by atoms with Crippen molar-refractivity contribution in [2.24, 2.45) is 11.8 Å². The fourth-order valence-corrected chi connectivity index (χ4v) is 3.94. The summed E-state index contributed by atoms with van der Waals surface area (Å²) in [6, 6.07) is 0. The third-order valence-corrected chi connectivity index (χ3v) is 9.53. The first kappa shape index (κ1) is 19.6. The van der Waals surface area contributed by atoms with Gasteiger partial charge < -0.3 is 13.9 Å². The van der Waals surface area contributed by atoms with Crippen molar-refractivity contribution < 1.29 is 18.7 Å². The Morgan fingerprint density at radius 2 is 2.00 bits per heavy atom. The highest BCUT2D eigenvalue weighted by molar-refractivity contribution is 6.74. The molecule has 4 nitrogen and oxygen atoms in total. The number of carbonyl (C=O) groups is 1. The largest absolute Gasteiger partial charge is 0.412 e. The quantitative estimate of drug-likeness (QED) is 0.367. The second-order valence-electron chi connectivity index (χ2n) is 7.73. The number of ketones is 1. The molecule has 0 bridgehead atoms. The first-order valence-electron chi connectivity index (χ1n) is 7.99. The summed E-state index contributed by atoms with van der Waals surface area (Å²) < 4.78 is 17.3. The van der Waals surface area contributed by atoms with Crippen LogP contribution in [0.5, 0.6) is 0 Å². The molecular formula is C17H32O4Si. The van der Waals surface area contributed by atoms with Crippen LogP contribution in [0.4, 0.5) is 0 Å². The Kier molecular flexibility index (Phi) is 6.56. The highest BCUT2D eigenvalue weighted by Crippen LogP contribution is 2.46. The summed E-state index contributed by atoms with van der Waals surface area (Å²) in [4.78, 5) is 11.8. The van der Waals surface area contributed by atoms with Gasteiger partial charge in [-0.15, -0.1) is 0 Å². The van der Waals surface area contributed by atoms with Crippen LogP contribution in [0, 0.1) is 11.8 Å². The first-order valence-corrected chi connectivity index (χ1v) is 10.9. The normalized spacial score (nSPS) is 24.7. The number of rotatable bonds is 9. The molecule has 1 rings (SSSR count). The fourth-order valence-electron chi connectivity index (χ4n) is 2.52. The van der Waals surface area contributed by atoms with Gasteiger partial charge in [0.05, 0.1) is 12.2 Å². The summed E-state index contributed by atoms with van der Waals surface area (Å²) in [7, 11) is -0.265. The van der Waals surface area contributed by atoms with Crippen LogP contribution in [0.15, 0.2) is 12.7 Å². The summed E-state index contributed by atoms with van der Waals surface area (Å²) in [5, 5.41) is 0.146. The van der Waals surface area contributed by atoms with E-state index in [9.17, 15) is 4.79 Å². The fraction of sp³-hybridized carbons (Fsp3) is 0.824. The van der Waals surface area contributed by atoms with Crippen LogP contribution in [0.25, 0.3) is 0 Å². The van der Waals surface area contributed by atoms with E-state index in [4.69, 9.17) is 13.9 Å². The van der Waals surface area contributed by atoms with Gasteiger partial charge in [0.1, 0.15) is 6.79 Å². The molecule has 0 aromatic carbocycles. The van der Waals surface area contributed by atoms with Crippen LogP contribution < -0.4 is 0 Å². The van der Waals surface area contributed by atoms with Crippen LogP contribution in [0.1, 0.15) is 34.1 Å². The van der Waals surface area contributed by atoms with Crippen LogP contribution >= 0.6 is 0 Å². The molecule has 0 spiro atoms. The second-order valence-corrected chi connectivity index (χ2v) is 12.5. The molecule has 0 heterocycles. The minimum Gasteiger partial charge on any atom is -0.412 e. The van der Waals surface area contributed by atoms with Crippen molar-refractivity contribution in [1.82, 2.24) is 0 Å². The minimum atomic E-state index is -1.87. The lowest BCUT2D eigenvalue weighted by atomic mass is 10.1. The predicted octanol–water partition coefficient (Wildman–Crippen LogP) is 3.78. The maximum atomic E-state index is 11.8. The molecule has 0 N–H and O–H groups in total. The van der Waals surface area contributed by atoms with Crippen molar-refractivity contribution in [3.63, 3.8) is 0 Å². The Morgan fingerprint density at radius 1 is 1.41 bits per heavy atom. The van der Waals surface area contributed by atoms with Gasteiger partial charge in [0, 0.05) is 13.0 Å². The van der Waals surface area contributed by atoms with Gasteiger partial charge in [-0.2, -0.15) is 0 Å². The van der Waals surface area contributed by atoms with Gasteiger partial charge in [0.25, 0.3) is 0 Å². The molecule has 22 heavy (non-hydrogen) atoms. The van der Waals surface area contributed by atoms with E-state index in [-0.39, 0.29) is 41.7 Å². The van der Waals surface area contributed by atoms with E-state index < -0.39 is 8.32 Å². The molecule has 0 saturated heterocycles. The number of hydrogen-bond donors (Lipinski definition) is 0. The van der Waals surface area contributed by atoms with E-state index in [1.165, 1.54) is 6.08 Å². The number of allylic oxidation sites excluding steroid dienone is 1. The Balaban J connectivity index is 2.76. The third kappa shape index (κ3) is 4.75. The number of carbonyl (C=O) groups excluding carboxylic acids is 1. The smallest absolute Gasteiger partial charge is 0.192 e. The van der Waals surface area contributed by atoms with Crippen molar-refractivity contribution >= 4 is 14.1 Å². The monoisotopic (exact) mass is 328 g/mol. The average molecular weight is 329 g/mol. The van der Waals surface area contributed by atoms with E-state index in [0.29, 0.717) is 0 Å². The standard InChI is InChI=1S/C17H32O4Si/c1-9-15(18)13-10-14(13)16(20-11-19-6)12(2)21-22(7,8)17(3,4)5/h9,12-14,16H,1,10-11H2,2-8H3/t12-,13+,14+,16+/m1/s1. The highest BCUT2D eigenvalue weighted by Gasteiger charge is 2.50. The molecule has 0 radical (unpaired) electrons. The summed E-state index contributed by atoms with van der Waals surface area (Å²) in [5.74, 6) is 0.348. The number of ether oxygens (including phenoxy) is 2. The maximum Gasteiger partial charge on any atom is 0.192 e. The maximum absolute atomic E-state index is 11.8. The number of methoxy groups -OCH3 is 1. The van der Waals surface area contributed by atoms with Gasteiger partial charge in [-0.05, 0) is 43.5 Å². The van der Waals surface area contributed by atoms with Crippen LogP contribution in [-0.4, -0.2) is 40.2 Å². The second kappa shape index (κ2) is 7.38. The van der Waals surface area contributed by atoms with Gasteiger partial charge in [0.15, 0.2) is 14.1 Å². The topological polar surface area (TPSA) is 44.8 Å². The molecule has 1 fully saturated rings. The van der Waals surface area contributed by atoms with E-state index >= 15 is 0 Å². The zero-order chi connectivity index (χ0) is 17.1. The molecule has 0 aliphatic heterocycles. The lowest BCUT2D eigenvalue weighted by Gasteiger charge is -2.40. The zero-order valence-corrected chi connectivity index (χ0v) is 16.1. The van der Waals surface area contributed by atoms with Gasteiger partial charge in [0.2, 0.25) is 0 Å². The molecule has 1 aliphatic rings. The number of hydrogen-bond acceptors (Lipinski definition) is 4. The molecule has 128 valence electrons. The zero-order valence-electron chi connectivity index (χ0n) is 15.1. The van der Waals surface area contributed by atoms with Gasteiger partial charge in [-0.1, -0.05) is 27.4 Å². The summed E-state index contributed by atoms with van der Waals surface area (Å²) >= 11 is 0. The predicted molar refractivity (Wildman–Crippen MR) is 91.3 cm³/mol. The molecule has 4 atom stereocenters. The Morgan fingerprint density at radius 3 is 2.45 bits per heavy atom. The van der Waals surface area contributed by atoms with Crippen molar-refractivity contribution in [2.75, 3.05) is 13.9 Å². The average Bonchev–Trinajstić information content (AvgIpc) is 3.16. The van der Waals surface area contributed by atoms with Crippen molar-refractivity contribution in [1.29, 1.82) is 0 Å². The van der Waals surface area contributed by atoms with Crippen LogP contribution in [-0.2, 0) is 18.7 Å². The van der Waals surface area contributed by atoms with Gasteiger partial charge in [-0.25, -0.2) is 0 Å². The van der Waals surface area contributed by atoms with E-state index in [1.807, 2.05) is 0 Å². The molecule has 1 saturated carbocycles. The van der Waals surface area contributed by atoms with Gasteiger partial charge in [-0.3, -0.25) is 4.79 Å². The van der Waals surface area contributed by atoms with E-state index in [0.717, 1.165) is 6.42 Å². The third-order valence-electron chi connectivity index (χ3n) is 4.96. The van der Waals surface area contributed by atoms with Crippen molar-refractivity contribution in [3.05, 3.63) is 12.7 Å². The Hall–Kier alpha value is -0.493. The van der Waals surface area contributed by atoms with Crippen LogP contribution in [0.2, 0.25) is 18.1 Å². The van der Waals surface area contributed by atoms with Crippen LogP contribution in [0.3, 0.4) is 0 Å². The molecule has 0 aromatic heterocycles. The van der Waals surface area contributed by atoms with E-state index in [2.05, 4.69) is 47.4 Å². The molecule has 0 unspecified atom stereocenters. The molecule has 0 aromatic rings. The minimum absolute atomic E-state index is 0.0322. The van der Waals surface area contributed by atoms with Crippen molar-refractivity contribution in [2.45, 2.75) is 64.5 Å². The molecule has 5 heteroatoms. The van der Waals surface area contributed by atoms with Gasteiger partial charge >= 0.3 is 0 Å². The Labute approximate surface area is 136 Å². The SMILES string of the molecule is C=CC(=O)[C@H]1C[C@@H]1[C@@H](OCOC)[C@@H](C)O[Si](C)(C)C(C)(C)C. The summed E-state index contributed by atoms with van der Waals surface area (Å²) in [5.41, 5.74) is 0. The molecule has 0 amide bonds. The molecular weight excluding hydrogens is 296 g/mol. The lowest BCUT2D eigenvalue weighted by Crippen LogP contribution is -2.47. The first-order chi connectivity index (χ1) is 10.0.